The molecule has 1 aromatic carbocycles. The van der Waals surface area contributed by atoms with Crippen molar-refractivity contribution in [2.45, 2.75) is 20.0 Å². The van der Waals surface area contributed by atoms with E-state index >= 15 is 0 Å². The summed E-state index contributed by atoms with van der Waals surface area (Å²) in [5.41, 5.74) is 1.51. The molecule has 5 heteroatoms. The van der Waals surface area contributed by atoms with Crippen LogP contribution in [0.25, 0.3) is 11.3 Å². The van der Waals surface area contributed by atoms with Gasteiger partial charge >= 0.3 is 0 Å². The second-order valence-electron chi connectivity index (χ2n) is 4.08. The van der Waals surface area contributed by atoms with Gasteiger partial charge in [-0.15, -0.1) is 0 Å². The molecule has 4 nitrogen and oxygen atoms in total. The molecule has 1 unspecified atom stereocenters. The van der Waals surface area contributed by atoms with E-state index in [1.807, 2.05) is 66.8 Å². The lowest BCUT2D eigenvalue weighted by Gasteiger charge is -2.12. The third-order valence-corrected chi connectivity index (χ3v) is 3.73. The zero-order valence-electron chi connectivity index (χ0n) is 10.8. The van der Waals surface area contributed by atoms with Crippen LogP contribution in [0.2, 0.25) is 0 Å². The van der Waals surface area contributed by atoms with Crippen LogP contribution in [0, 0.1) is 3.57 Å². The fourth-order valence-corrected chi connectivity index (χ4v) is 2.35. The first-order chi connectivity index (χ1) is 9.13. The molecule has 0 aliphatic rings. The highest BCUT2D eigenvalue weighted by Gasteiger charge is 2.14. The number of H-pyrrole nitrogens is 1. The van der Waals surface area contributed by atoms with Crippen LogP contribution >= 0.6 is 22.6 Å². The summed E-state index contributed by atoms with van der Waals surface area (Å²) in [5.74, 6) is 0.561. The highest BCUT2D eigenvalue weighted by atomic mass is 127. The van der Waals surface area contributed by atoms with E-state index in [4.69, 9.17) is 4.74 Å². The average molecular weight is 370 g/mol. The molecule has 0 radical (unpaired) electrons. The van der Waals surface area contributed by atoms with Gasteiger partial charge in [0.1, 0.15) is 15.5 Å². The van der Waals surface area contributed by atoms with Crippen molar-refractivity contribution in [1.29, 1.82) is 0 Å². The van der Waals surface area contributed by atoms with Crippen molar-refractivity contribution >= 4 is 22.6 Å². The molecule has 1 aromatic heterocycles. The quantitative estimate of drug-likeness (QED) is 0.842. The van der Waals surface area contributed by atoms with Gasteiger partial charge in [0.15, 0.2) is 0 Å². The van der Waals surface area contributed by atoms with Crippen molar-refractivity contribution in [1.82, 2.24) is 9.97 Å². The number of aromatic nitrogens is 2. The van der Waals surface area contributed by atoms with Crippen molar-refractivity contribution in [3.63, 3.8) is 0 Å². The molecule has 1 N–H and O–H groups in total. The van der Waals surface area contributed by atoms with Crippen molar-refractivity contribution in [3.8, 4) is 11.3 Å². The van der Waals surface area contributed by atoms with Crippen molar-refractivity contribution in [3.05, 3.63) is 50.1 Å². The van der Waals surface area contributed by atoms with Crippen molar-refractivity contribution in [2.75, 3.05) is 6.61 Å². The summed E-state index contributed by atoms with van der Waals surface area (Å²) >= 11 is 2.02. The van der Waals surface area contributed by atoms with Crippen LogP contribution in [-0.2, 0) is 4.74 Å². The lowest BCUT2D eigenvalue weighted by atomic mass is 10.1. The molecule has 0 amide bonds. The Kier molecular flexibility index (Phi) is 4.71. The topological polar surface area (TPSA) is 55.0 Å². The summed E-state index contributed by atoms with van der Waals surface area (Å²) in [4.78, 5) is 19.3. The Bertz CT molecular complexity index is 611. The fraction of sp³-hybridized carbons (Fsp3) is 0.286. The van der Waals surface area contributed by atoms with Crippen LogP contribution in [-0.4, -0.2) is 16.6 Å². The van der Waals surface area contributed by atoms with Gasteiger partial charge in [-0.3, -0.25) is 4.79 Å². The molecule has 100 valence electrons. The Morgan fingerprint density at radius 1 is 1.37 bits per heavy atom. The molecule has 0 aliphatic heterocycles. The Morgan fingerprint density at radius 3 is 2.68 bits per heavy atom. The van der Waals surface area contributed by atoms with Crippen LogP contribution in [0.1, 0.15) is 25.8 Å². The Hall–Kier alpha value is -1.21. The summed E-state index contributed by atoms with van der Waals surface area (Å²) < 4.78 is 6.07. The number of nitrogens with one attached hydrogen (secondary N) is 1. The largest absolute Gasteiger partial charge is 0.371 e. The van der Waals surface area contributed by atoms with E-state index in [0.29, 0.717) is 21.7 Å². The molecular formula is C14H15IN2O2. The Morgan fingerprint density at radius 2 is 2.05 bits per heavy atom. The summed E-state index contributed by atoms with van der Waals surface area (Å²) in [6.07, 6.45) is -0.225. The molecule has 0 bridgehead atoms. The first kappa shape index (κ1) is 14.2. The normalized spacial score (nSPS) is 12.4. The smallest absolute Gasteiger partial charge is 0.265 e. The predicted molar refractivity (Wildman–Crippen MR) is 83.1 cm³/mol. The van der Waals surface area contributed by atoms with Crippen LogP contribution in [0.3, 0.4) is 0 Å². The number of rotatable bonds is 4. The molecule has 0 saturated carbocycles. The van der Waals surface area contributed by atoms with Crippen molar-refractivity contribution in [2.24, 2.45) is 0 Å². The lowest BCUT2D eigenvalue weighted by Crippen LogP contribution is -2.18. The zero-order valence-corrected chi connectivity index (χ0v) is 13.0. The first-order valence-corrected chi connectivity index (χ1v) is 7.18. The average Bonchev–Trinajstić information content (AvgIpc) is 2.43. The minimum Gasteiger partial charge on any atom is -0.371 e. The van der Waals surface area contributed by atoms with Gasteiger partial charge in [-0.05, 0) is 36.4 Å². The highest BCUT2D eigenvalue weighted by molar-refractivity contribution is 14.1. The second kappa shape index (κ2) is 6.29. The van der Waals surface area contributed by atoms with Gasteiger partial charge in [0.05, 0.1) is 5.69 Å². The minimum absolute atomic E-state index is 0.129. The predicted octanol–water partition coefficient (Wildman–Crippen LogP) is 3.14. The van der Waals surface area contributed by atoms with E-state index in [9.17, 15) is 4.79 Å². The molecule has 0 spiro atoms. The second-order valence-corrected chi connectivity index (χ2v) is 5.16. The van der Waals surface area contributed by atoms with Crippen LogP contribution < -0.4 is 5.56 Å². The molecule has 19 heavy (non-hydrogen) atoms. The summed E-state index contributed by atoms with van der Waals surface area (Å²) in [6, 6.07) is 9.69. The van der Waals surface area contributed by atoms with E-state index in [-0.39, 0.29) is 11.7 Å². The maximum atomic E-state index is 12.0. The van der Waals surface area contributed by atoms with Gasteiger partial charge in [-0.25, -0.2) is 4.98 Å². The fourth-order valence-electron chi connectivity index (χ4n) is 1.78. The van der Waals surface area contributed by atoms with E-state index in [2.05, 4.69) is 9.97 Å². The van der Waals surface area contributed by atoms with Crippen molar-refractivity contribution < 1.29 is 4.74 Å². The third-order valence-electron chi connectivity index (χ3n) is 2.73. The lowest BCUT2D eigenvalue weighted by molar-refractivity contribution is 0.0699. The molecule has 1 heterocycles. The summed E-state index contributed by atoms with van der Waals surface area (Å²) in [7, 11) is 0. The van der Waals surface area contributed by atoms with Gasteiger partial charge in [0.2, 0.25) is 0 Å². The maximum absolute atomic E-state index is 12.0. The Labute approximate surface area is 125 Å². The number of benzene rings is 1. The van der Waals surface area contributed by atoms with Gasteiger partial charge in [-0.1, -0.05) is 30.3 Å². The van der Waals surface area contributed by atoms with E-state index in [0.717, 1.165) is 5.56 Å². The molecule has 2 rings (SSSR count). The van der Waals surface area contributed by atoms with E-state index in [1.54, 1.807) is 0 Å². The number of halogens is 1. The number of hydrogen-bond donors (Lipinski definition) is 1. The van der Waals surface area contributed by atoms with Crippen LogP contribution in [0.15, 0.2) is 35.1 Å². The Balaban J connectivity index is 2.52. The number of ether oxygens (including phenoxy) is 1. The maximum Gasteiger partial charge on any atom is 0.265 e. The molecule has 1 atom stereocenters. The van der Waals surface area contributed by atoms with E-state index in [1.165, 1.54) is 0 Å². The van der Waals surface area contributed by atoms with Gasteiger partial charge in [-0.2, -0.15) is 0 Å². The van der Waals surface area contributed by atoms with Crippen LogP contribution in [0.5, 0.6) is 0 Å². The van der Waals surface area contributed by atoms with E-state index < -0.39 is 0 Å². The summed E-state index contributed by atoms with van der Waals surface area (Å²) in [6.45, 7) is 4.38. The third kappa shape index (κ3) is 3.22. The zero-order chi connectivity index (χ0) is 13.8. The summed E-state index contributed by atoms with van der Waals surface area (Å²) in [5, 5.41) is 0. The molecule has 0 aliphatic carbocycles. The molecule has 0 fully saturated rings. The molecular weight excluding hydrogens is 355 g/mol. The molecule has 2 aromatic rings. The number of nitrogens with zero attached hydrogens (tertiary/aromatic N) is 1. The number of aromatic amines is 1. The monoisotopic (exact) mass is 370 g/mol. The standard InChI is InChI=1S/C14H15IN2O2/c1-3-19-9(2)13-16-12(11(15)14(18)17-13)10-7-5-4-6-8-10/h4-9H,3H2,1-2H3,(H,16,17,18). The van der Waals surface area contributed by atoms with Gasteiger partial charge in [0.25, 0.3) is 5.56 Å². The SMILES string of the molecule is CCOC(C)c1nc(-c2ccccc2)c(I)c(=O)[nH]1. The highest BCUT2D eigenvalue weighted by Crippen LogP contribution is 2.22. The van der Waals surface area contributed by atoms with Gasteiger partial charge < -0.3 is 9.72 Å². The first-order valence-electron chi connectivity index (χ1n) is 6.10. The number of hydrogen-bond acceptors (Lipinski definition) is 3. The minimum atomic E-state index is -0.225. The molecule has 0 saturated heterocycles. The van der Waals surface area contributed by atoms with Gasteiger partial charge in [0, 0.05) is 12.2 Å². The van der Waals surface area contributed by atoms with Crippen LogP contribution in [0.4, 0.5) is 0 Å².